The van der Waals surface area contributed by atoms with Crippen LogP contribution in [0.4, 0.5) is 5.95 Å². The number of H-pyrrole nitrogens is 1. The minimum Gasteiger partial charge on any atom is -0.354 e. The fourth-order valence-corrected chi connectivity index (χ4v) is 4.22. The molecule has 3 N–H and O–H groups in total. The molecular formula is C22H23N7O. The normalized spacial score (nSPS) is 19.1. The highest BCUT2D eigenvalue weighted by atomic mass is 16.1. The Kier molecular flexibility index (Phi) is 4.74. The van der Waals surface area contributed by atoms with Gasteiger partial charge in [0, 0.05) is 47.7 Å². The number of aromatic nitrogens is 5. The molecular weight excluding hydrogens is 378 g/mol. The Morgan fingerprint density at radius 1 is 1.13 bits per heavy atom. The number of carbonyl (C=O) groups excluding carboxylic acids is 1. The molecule has 0 unspecified atom stereocenters. The Morgan fingerprint density at radius 2 is 1.97 bits per heavy atom. The van der Waals surface area contributed by atoms with Gasteiger partial charge < -0.3 is 15.6 Å². The standard InChI is InChI=1S/C22H23N7O/c1-13(30)26-16-3-5-17(6-4-16)27-22-24-12-19-18(11-23-21(19)28-22)14-2-7-20-15(10-14)8-9-25-29-20/h2,7-12,16-17H,3-6H2,1H3,(H,26,30)(H2,23,24,27,28)/t16-,17-. The Labute approximate surface area is 173 Å². The summed E-state index contributed by atoms with van der Waals surface area (Å²) in [6.07, 6.45) is 9.46. The molecule has 30 heavy (non-hydrogen) atoms. The van der Waals surface area contributed by atoms with Crippen LogP contribution in [-0.2, 0) is 4.79 Å². The summed E-state index contributed by atoms with van der Waals surface area (Å²) in [6, 6.07) is 8.68. The number of nitrogens with one attached hydrogen (secondary N) is 3. The van der Waals surface area contributed by atoms with Crippen molar-refractivity contribution in [1.82, 2.24) is 30.5 Å². The average molecular weight is 401 g/mol. The maximum atomic E-state index is 11.2. The molecule has 5 rings (SSSR count). The van der Waals surface area contributed by atoms with E-state index in [1.165, 1.54) is 0 Å². The Balaban J connectivity index is 1.33. The largest absolute Gasteiger partial charge is 0.354 e. The monoisotopic (exact) mass is 401 g/mol. The van der Waals surface area contributed by atoms with Crippen molar-refractivity contribution in [1.29, 1.82) is 0 Å². The maximum absolute atomic E-state index is 11.2. The SMILES string of the molecule is CC(=O)N[C@H]1CC[C@H](Nc2ncc3c(-c4ccc5nnccc5c4)c[nH]c3n2)CC1. The summed E-state index contributed by atoms with van der Waals surface area (Å²) in [6.45, 7) is 1.57. The molecule has 1 fully saturated rings. The summed E-state index contributed by atoms with van der Waals surface area (Å²) < 4.78 is 0. The molecule has 8 nitrogen and oxygen atoms in total. The third-order valence-corrected chi connectivity index (χ3v) is 5.72. The van der Waals surface area contributed by atoms with Crippen molar-refractivity contribution in [3.05, 3.63) is 42.9 Å². The van der Waals surface area contributed by atoms with E-state index < -0.39 is 0 Å². The quantitative estimate of drug-likeness (QED) is 0.483. The summed E-state index contributed by atoms with van der Waals surface area (Å²) >= 11 is 0. The molecule has 0 saturated heterocycles. The first-order chi connectivity index (χ1) is 14.7. The molecule has 0 bridgehead atoms. The second-order valence-corrected chi connectivity index (χ2v) is 7.86. The van der Waals surface area contributed by atoms with Crippen LogP contribution < -0.4 is 10.6 Å². The van der Waals surface area contributed by atoms with E-state index in [-0.39, 0.29) is 11.9 Å². The Bertz CT molecular complexity index is 1210. The van der Waals surface area contributed by atoms with Gasteiger partial charge in [-0.25, -0.2) is 4.98 Å². The zero-order valence-corrected chi connectivity index (χ0v) is 16.7. The number of anilines is 1. The van der Waals surface area contributed by atoms with Gasteiger partial charge in [0.2, 0.25) is 11.9 Å². The number of fused-ring (bicyclic) bond motifs is 2. The van der Waals surface area contributed by atoms with Crippen molar-refractivity contribution in [3.63, 3.8) is 0 Å². The van der Waals surface area contributed by atoms with Crippen LogP contribution >= 0.6 is 0 Å². The van der Waals surface area contributed by atoms with Gasteiger partial charge in [-0.2, -0.15) is 15.2 Å². The highest BCUT2D eigenvalue weighted by Crippen LogP contribution is 2.30. The molecule has 0 atom stereocenters. The van der Waals surface area contributed by atoms with Crippen LogP contribution in [0, 0.1) is 0 Å². The van der Waals surface area contributed by atoms with E-state index in [1.54, 1.807) is 13.1 Å². The third-order valence-electron chi connectivity index (χ3n) is 5.72. The predicted molar refractivity (Wildman–Crippen MR) is 116 cm³/mol. The van der Waals surface area contributed by atoms with Crippen molar-refractivity contribution in [2.24, 2.45) is 0 Å². The number of carbonyl (C=O) groups is 1. The first-order valence-corrected chi connectivity index (χ1v) is 10.3. The van der Waals surface area contributed by atoms with Crippen molar-refractivity contribution in [2.45, 2.75) is 44.7 Å². The highest BCUT2D eigenvalue weighted by molar-refractivity contribution is 5.96. The van der Waals surface area contributed by atoms with Gasteiger partial charge in [-0.05, 0) is 49.4 Å². The molecule has 1 amide bonds. The molecule has 4 aromatic rings. The maximum Gasteiger partial charge on any atom is 0.224 e. The van der Waals surface area contributed by atoms with Gasteiger partial charge in [0.25, 0.3) is 0 Å². The molecule has 0 aliphatic heterocycles. The number of rotatable bonds is 4. The van der Waals surface area contributed by atoms with Gasteiger partial charge in [-0.1, -0.05) is 6.07 Å². The summed E-state index contributed by atoms with van der Waals surface area (Å²) in [5, 5.41) is 16.6. The number of amides is 1. The molecule has 152 valence electrons. The summed E-state index contributed by atoms with van der Waals surface area (Å²) in [5.74, 6) is 0.676. The zero-order valence-electron chi connectivity index (χ0n) is 16.7. The fourth-order valence-electron chi connectivity index (χ4n) is 4.22. The molecule has 3 aromatic heterocycles. The lowest BCUT2D eigenvalue weighted by atomic mass is 9.91. The average Bonchev–Trinajstić information content (AvgIpc) is 3.18. The van der Waals surface area contributed by atoms with Crippen LogP contribution in [0.1, 0.15) is 32.6 Å². The van der Waals surface area contributed by atoms with Gasteiger partial charge in [0.15, 0.2) is 0 Å². The molecule has 3 heterocycles. The summed E-state index contributed by atoms with van der Waals surface area (Å²) in [5.41, 5.74) is 3.83. The molecule has 1 aliphatic carbocycles. The molecule has 0 radical (unpaired) electrons. The van der Waals surface area contributed by atoms with E-state index in [4.69, 9.17) is 0 Å². The van der Waals surface area contributed by atoms with E-state index in [0.29, 0.717) is 12.0 Å². The van der Waals surface area contributed by atoms with Gasteiger partial charge in [0.05, 0.1) is 11.7 Å². The summed E-state index contributed by atoms with van der Waals surface area (Å²) in [4.78, 5) is 23.7. The topological polar surface area (TPSA) is 108 Å². The Hall–Kier alpha value is -3.55. The fraction of sp³-hybridized carbons (Fsp3) is 0.318. The number of aromatic amines is 1. The number of nitrogens with zero attached hydrogens (tertiary/aromatic N) is 4. The first-order valence-electron chi connectivity index (χ1n) is 10.3. The molecule has 8 heteroatoms. The molecule has 1 saturated carbocycles. The van der Waals surface area contributed by atoms with Crippen LogP contribution in [0.25, 0.3) is 33.1 Å². The van der Waals surface area contributed by atoms with Crippen molar-refractivity contribution in [2.75, 3.05) is 5.32 Å². The van der Waals surface area contributed by atoms with Crippen LogP contribution in [0.3, 0.4) is 0 Å². The van der Waals surface area contributed by atoms with E-state index >= 15 is 0 Å². The minimum atomic E-state index is 0.0436. The second kappa shape index (κ2) is 7.70. The van der Waals surface area contributed by atoms with Crippen LogP contribution in [0.15, 0.2) is 42.9 Å². The van der Waals surface area contributed by atoms with E-state index in [9.17, 15) is 4.79 Å². The predicted octanol–water partition coefficient (Wildman–Crippen LogP) is 3.43. The number of hydrogen-bond donors (Lipinski definition) is 3. The molecule has 1 aromatic carbocycles. The van der Waals surface area contributed by atoms with Crippen molar-refractivity contribution < 1.29 is 4.79 Å². The van der Waals surface area contributed by atoms with Crippen LogP contribution in [0.5, 0.6) is 0 Å². The lowest BCUT2D eigenvalue weighted by Gasteiger charge is -2.29. The van der Waals surface area contributed by atoms with E-state index in [2.05, 4.69) is 41.8 Å². The Morgan fingerprint density at radius 3 is 2.80 bits per heavy atom. The first kappa shape index (κ1) is 18.5. The third kappa shape index (κ3) is 3.68. The van der Waals surface area contributed by atoms with Crippen LogP contribution in [-0.4, -0.2) is 43.1 Å². The molecule has 1 aliphatic rings. The van der Waals surface area contributed by atoms with Crippen molar-refractivity contribution in [3.8, 4) is 11.1 Å². The van der Waals surface area contributed by atoms with Gasteiger partial charge in [0.1, 0.15) is 5.65 Å². The molecule has 0 spiro atoms. The highest BCUT2D eigenvalue weighted by Gasteiger charge is 2.22. The van der Waals surface area contributed by atoms with Gasteiger partial charge in [-0.3, -0.25) is 4.79 Å². The smallest absolute Gasteiger partial charge is 0.224 e. The van der Waals surface area contributed by atoms with Crippen LogP contribution in [0.2, 0.25) is 0 Å². The summed E-state index contributed by atoms with van der Waals surface area (Å²) in [7, 11) is 0. The minimum absolute atomic E-state index is 0.0436. The lowest BCUT2D eigenvalue weighted by molar-refractivity contribution is -0.119. The van der Waals surface area contributed by atoms with Gasteiger partial charge >= 0.3 is 0 Å². The van der Waals surface area contributed by atoms with E-state index in [1.807, 2.05) is 30.6 Å². The zero-order chi connectivity index (χ0) is 20.5. The number of hydrogen-bond acceptors (Lipinski definition) is 6. The number of benzene rings is 1. The lowest BCUT2D eigenvalue weighted by Crippen LogP contribution is -2.39. The van der Waals surface area contributed by atoms with E-state index in [0.717, 1.165) is 58.7 Å². The second-order valence-electron chi connectivity index (χ2n) is 7.86. The van der Waals surface area contributed by atoms with Crippen molar-refractivity contribution >= 4 is 33.8 Å². The van der Waals surface area contributed by atoms with Gasteiger partial charge in [-0.15, -0.1) is 0 Å².